The van der Waals surface area contributed by atoms with Gasteiger partial charge in [0.25, 0.3) is 0 Å². The molecule has 0 N–H and O–H groups in total. The van der Waals surface area contributed by atoms with Gasteiger partial charge in [0.2, 0.25) is 0 Å². The molecule has 0 aromatic heterocycles. The lowest BCUT2D eigenvalue weighted by molar-refractivity contribution is -0.138. The number of ether oxygens (including phenoxy) is 2. The van der Waals surface area contributed by atoms with E-state index in [0.717, 1.165) is 0 Å². The Morgan fingerprint density at radius 3 is 1.42 bits per heavy atom. The zero-order chi connectivity index (χ0) is 18.0. The summed E-state index contributed by atoms with van der Waals surface area (Å²) in [6.07, 6.45) is 0. The van der Waals surface area contributed by atoms with Crippen molar-refractivity contribution >= 4 is 45.9 Å². The van der Waals surface area contributed by atoms with Gasteiger partial charge in [-0.2, -0.15) is 0 Å². The van der Waals surface area contributed by atoms with E-state index in [1.54, 1.807) is 52.0 Å². The Morgan fingerprint density at radius 2 is 1.12 bits per heavy atom. The minimum absolute atomic E-state index is 0.0379. The number of hydrogen-bond donors (Lipinski definition) is 0. The molecule has 128 valence electrons. The molecule has 0 heterocycles. The molecule has 0 saturated heterocycles. The Hall–Kier alpha value is -1.78. The van der Waals surface area contributed by atoms with Crippen LogP contribution in [0.5, 0.6) is 11.5 Å². The Kier molecular flexibility index (Phi) is 5.73. The van der Waals surface area contributed by atoms with Crippen molar-refractivity contribution in [1.29, 1.82) is 0 Å². The minimum atomic E-state index is -0.426. The lowest BCUT2D eigenvalue weighted by Gasteiger charge is -2.17. The van der Waals surface area contributed by atoms with Crippen molar-refractivity contribution in [3.63, 3.8) is 0 Å². The van der Waals surface area contributed by atoms with Crippen LogP contribution in [0, 0.1) is 11.8 Å². The average molecular weight is 369 g/mol. The van der Waals surface area contributed by atoms with Crippen LogP contribution in [0.2, 0.25) is 10.0 Å². The first kappa shape index (κ1) is 18.6. The third-order valence-corrected chi connectivity index (χ3v) is 4.17. The summed E-state index contributed by atoms with van der Waals surface area (Å²) in [5.74, 6) is -1.16. The van der Waals surface area contributed by atoms with Crippen molar-refractivity contribution in [2.24, 2.45) is 11.8 Å². The fourth-order valence-electron chi connectivity index (χ4n) is 1.95. The van der Waals surface area contributed by atoms with Gasteiger partial charge in [0.05, 0.1) is 11.8 Å². The van der Waals surface area contributed by atoms with Gasteiger partial charge in [-0.25, -0.2) is 0 Å². The van der Waals surface area contributed by atoms with Gasteiger partial charge >= 0.3 is 11.9 Å². The van der Waals surface area contributed by atoms with Crippen molar-refractivity contribution < 1.29 is 19.1 Å². The molecule has 0 aliphatic carbocycles. The number of benzene rings is 2. The summed E-state index contributed by atoms with van der Waals surface area (Å²) in [7, 11) is 0. The number of halogens is 2. The number of carbonyl (C=O) groups excluding carboxylic acids is 2. The molecule has 6 heteroatoms. The van der Waals surface area contributed by atoms with Crippen molar-refractivity contribution in [3.8, 4) is 11.5 Å². The van der Waals surface area contributed by atoms with Crippen LogP contribution in [0.25, 0.3) is 10.8 Å². The van der Waals surface area contributed by atoms with E-state index in [4.69, 9.17) is 32.7 Å². The third-order valence-electron chi connectivity index (χ3n) is 3.36. The molecule has 2 aromatic carbocycles. The Bertz CT molecular complexity index is 731. The summed E-state index contributed by atoms with van der Waals surface area (Å²) in [4.78, 5) is 23.9. The van der Waals surface area contributed by atoms with Crippen LogP contribution in [0.1, 0.15) is 27.7 Å². The van der Waals surface area contributed by atoms with Crippen molar-refractivity contribution in [2.45, 2.75) is 27.7 Å². The SMILES string of the molecule is CC(C)C(=O)Oc1c(Cl)c(Cl)c(OC(=O)C(C)C)c2ccccc12. The molecule has 0 spiro atoms. The molecule has 0 fully saturated rings. The maximum absolute atomic E-state index is 12.0. The average Bonchev–Trinajstić information content (AvgIpc) is 2.54. The second-order valence-corrected chi connectivity index (χ2v) is 6.74. The molecule has 4 nitrogen and oxygen atoms in total. The summed E-state index contributed by atoms with van der Waals surface area (Å²) in [5.41, 5.74) is 0. The van der Waals surface area contributed by atoms with Crippen LogP contribution in [0.15, 0.2) is 24.3 Å². The molecular formula is C18H18Cl2O4. The van der Waals surface area contributed by atoms with Gasteiger partial charge < -0.3 is 9.47 Å². The lowest BCUT2D eigenvalue weighted by atomic mass is 10.1. The van der Waals surface area contributed by atoms with Gasteiger partial charge in [-0.3, -0.25) is 9.59 Å². The van der Waals surface area contributed by atoms with E-state index in [-0.39, 0.29) is 33.4 Å². The highest BCUT2D eigenvalue weighted by atomic mass is 35.5. The standard InChI is InChI=1S/C18H18Cl2O4/c1-9(2)17(21)23-15-11-7-5-6-8-12(11)16(14(20)13(15)19)24-18(22)10(3)4/h5-10H,1-4H3. The van der Waals surface area contributed by atoms with Crippen LogP contribution >= 0.6 is 23.2 Å². The van der Waals surface area contributed by atoms with E-state index < -0.39 is 11.9 Å². The topological polar surface area (TPSA) is 52.6 Å². The second kappa shape index (κ2) is 7.41. The first-order valence-electron chi connectivity index (χ1n) is 7.57. The van der Waals surface area contributed by atoms with Gasteiger partial charge in [0.15, 0.2) is 11.5 Å². The van der Waals surface area contributed by atoms with E-state index >= 15 is 0 Å². The first-order chi connectivity index (χ1) is 11.2. The molecule has 0 saturated carbocycles. The number of esters is 2. The summed E-state index contributed by atoms with van der Waals surface area (Å²) in [5, 5.41) is 1.17. The molecule has 0 unspecified atom stereocenters. The van der Waals surface area contributed by atoms with E-state index in [9.17, 15) is 9.59 Å². The van der Waals surface area contributed by atoms with Crippen molar-refractivity contribution in [3.05, 3.63) is 34.3 Å². The molecule has 0 aliphatic heterocycles. The molecule has 0 bridgehead atoms. The van der Waals surface area contributed by atoms with Gasteiger partial charge in [0.1, 0.15) is 10.0 Å². The Morgan fingerprint density at radius 1 is 0.792 bits per heavy atom. The first-order valence-corrected chi connectivity index (χ1v) is 8.32. The molecule has 0 aliphatic rings. The van der Waals surface area contributed by atoms with Gasteiger partial charge in [-0.1, -0.05) is 75.2 Å². The minimum Gasteiger partial charge on any atom is -0.424 e. The quantitative estimate of drug-likeness (QED) is 0.544. The van der Waals surface area contributed by atoms with Crippen LogP contribution in [0.3, 0.4) is 0 Å². The highest BCUT2D eigenvalue weighted by molar-refractivity contribution is 6.45. The Labute approximate surface area is 150 Å². The van der Waals surface area contributed by atoms with E-state index in [1.807, 2.05) is 0 Å². The molecular weight excluding hydrogens is 351 g/mol. The highest BCUT2D eigenvalue weighted by Crippen LogP contribution is 2.47. The Balaban J connectivity index is 2.65. The summed E-state index contributed by atoms with van der Waals surface area (Å²) >= 11 is 12.6. The smallest absolute Gasteiger partial charge is 0.313 e. The fraction of sp³-hybridized carbons (Fsp3) is 0.333. The normalized spacial score (nSPS) is 11.2. The zero-order valence-corrected chi connectivity index (χ0v) is 15.4. The highest BCUT2D eigenvalue weighted by Gasteiger charge is 2.24. The zero-order valence-electron chi connectivity index (χ0n) is 13.9. The molecule has 2 aromatic rings. The van der Waals surface area contributed by atoms with E-state index in [1.165, 1.54) is 0 Å². The molecule has 0 atom stereocenters. The molecule has 0 radical (unpaired) electrons. The fourth-order valence-corrected chi connectivity index (χ4v) is 2.40. The van der Waals surface area contributed by atoms with E-state index in [2.05, 4.69) is 0 Å². The number of fused-ring (bicyclic) bond motifs is 1. The van der Waals surface area contributed by atoms with Crippen LogP contribution < -0.4 is 9.47 Å². The predicted molar refractivity (Wildman–Crippen MR) is 94.9 cm³/mol. The molecule has 24 heavy (non-hydrogen) atoms. The van der Waals surface area contributed by atoms with Gasteiger partial charge in [-0.15, -0.1) is 0 Å². The second-order valence-electron chi connectivity index (χ2n) is 5.98. The van der Waals surface area contributed by atoms with Crippen LogP contribution in [-0.2, 0) is 9.59 Å². The molecule has 0 amide bonds. The largest absolute Gasteiger partial charge is 0.424 e. The van der Waals surface area contributed by atoms with Crippen LogP contribution in [0.4, 0.5) is 0 Å². The summed E-state index contributed by atoms with van der Waals surface area (Å²) < 4.78 is 10.8. The van der Waals surface area contributed by atoms with E-state index in [0.29, 0.717) is 10.8 Å². The lowest BCUT2D eigenvalue weighted by Crippen LogP contribution is -2.17. The number of rotatable bonds is 4. The predicted octanol–water partition coefficient (Wildman–Crippen LogP) is 5.27. The summed E-state index contributed by atoms with van der Waals surface area (Å²) in [6.45, 7) is 6.88. The number of carbonyl (C=O) groups is 2. The monoisotopic (exact) mass is 368 g/mol. The number of hydrogen-bond acceptors (Lipinski definition) is 4. The van der Waals surface area contributed by atoms with Gasteiger partial charge in [-0.05, 0) is 0 Å². The van der Waals surface area contributed by atoms with Gasteiger partial charge in [0, 0.05) is 10.8 Å². The van der Waals surface area contributed by atoms with Crippen molar-refractivity contribution in [2.75, 3.05) is 0 Å². The molecule has 2 rings (SSSR count). The maximum atomic E-state index is 12.0. The van der Waals surface area contributed by atoms with Crippen LogP contribution in [-0.4, -0.2) is 11.9 Å². The summed E-state index contributed by atoms with van der Waals surface area (Å²) in [6, 6.07) is 7.00. The maximum Gasteiger partial charge on any atom is 0.313 e. The third kappa shape index (κ3) is 3.65. The van der Waals surface area contributed by atoms with Crippen molar-refractivity contribution in [1.82, 2.24) is 0 Å².